The third kappa shape index (κ3) is 5.07. The molecule has 1 atom stereocenters. The zero-order valence-corrected chi connectivity index (χ0v) is 9.26. The molecule has 0 rings (SSSR count). The number of carbonyl (C=O) groups is 2. The molecule has 0 saturated carbocycles. The zero-order chi connectivity index (χ0) is 11.0. The topological polar surface area (TPSA) is 55.4 Å². The van der Waals surface area contributed by atoms with Gasteiger partial charge in [-0.25, -0.2) is 4.79 Å². The second-order valence-corrected chi connectivity index (χ2v) is 3.20. The Hall–Kier alpha value is -0.770. The van der Waals surface area contributed by atoms with Crippen molar-refractivity contribution >= 4 is 23.5 Å². The first-order valence-electron chi connectivity index (χ1n) is 4.58. The fourth-order valence-corrected chi connectivity index (χ4v) is 1.20. The number of unbranched alkanes of at least 4 members (excludes halogenated alkanes) is 1. The molecule has 5 heteroatoms. The molecule has 0 bridgehead atoms. The van der Waals surface area contributed by atoms with Gasteiger partial charge in [0.25, 0.3) is 0 Å². The molecule has 0 heterocycles. The van der Waals surface area contributed by atoms with E-state index in [9.17, 15) is 9.59 Å². The van der Waals surface area contributed by atoms with Gasteiger partial charge in [0.2, 0.25) is 0 Å². The van der Waals surface area contributed by atoms with Crippen LogP contribution in [0.4, 0.5) is 4.79 Å². The summed E-state index contributed by atoms with van der Waals surface area (Å²) in [4.78, 5) is 22.1. The molecule has 1 N–H and O–H groups in total. The van der Waals surface area contributed by atoms with Crippen LogP contribution in [-0.4, -0.2) is 30.9 Å². The summed E-state index contributed by atoms with van der Waals surface area (Å²) in [5, 5.41) is 2.46. The average molecular weight is 222 g/mol. The molecule has 0 aromatic heterocycles. The van der Waals surface area contributed by atoms with Gasteiger partial charge < -0.3 is 10.1 Å². The van der Waals surface area contributed by atoms with Crippen molar-refractivity contribution in [1.29, 1.82) is 0 Å². The van der Waals surface area contributed by atoms with Gasteiger partial charge in [-0.3, -0.25) is 4.79 Å². The Labute approximate surface area is 88.9 Å². The average Bonchev–Trinajstić information content (AvgIpc) is 2.22. The summed E-state index contributed by atoms with van der Waals surface area (Å²) in [6.45, 7) is 2.01. The van der Waals surface area contributed by atoms with Crippen LogP contribution in [0.25, 0.3) is 0 Å². The predicted molar refractivity (Wildman–Crippen MR) is 54.6 cm³/mol. The molecule has 0 saturated heterocycles. The van der Waals surface area contributed by atoms with Crippen molar-refractivity contribution in [3.63, 3.8) is 0 Å². The van der Waals surface area contributed by atoms with Crippen LogP contribution in [0.15, 0.2) is 0 Å². The highest BCUT2D eigenvalue weighted by atomic mass is 35.5. The molecular formula is C9H16ClNO3. The zero-order valence-electron chi connectivity index (χ0n) is 8.51. The number of alkyl halides is 1. The summed E-state index contributed by atoms with van der Waals surface area (Å²) in [5.74, 6) is -0.260. The smallest absolute Gasteiger partial charge is 0.407 e. The van der Waals surface area contributed by atoms with E-state index in [4.69, 9.17) is 11.6 Å². The molecular weight excluding hydrogens is 206 g/mol. The maximum Gasteiger partial charge on any atom is 0.407 e. The fraction of sp³-hybridized carbons (Fsp3) is 0.778. The van der Waals surface area contributed by atoms with Crippen LogP contribution in [0, 0.1) is 0 Å². The maximum absolute atomic E-state index is 11.3. The van der Waals surface area contributed by atoms with Crippen molar-refractivity contribution in [2.75, 3.05) is 13.0 Å². The predicted octanol–water partition coefficient (Wildman–Crippen LogP) is 1.71. The number of Topliss-reactive ketones (excluding diaryl/α,β-unsaturated/α-hetero) is 1. The molecule has 0 aliphatic heterocycles. The van der Waals surface area contributed by atoms with E-state index in [2.05, 4.69) is 10.1 Å². The molecule has 0 fully saturated rings. The van der Waals surface area contributed by atoms with E-state index in [-0.39, 0.29) is 11.7 Å². The molecule has 0 spiro atoms. The lowest BCUT2D eigenvalue weighted by Crippen LogP contribution is -2.41. The van der Waals surface area contributed by atoms with Gasteiger partial charge in [0.1, 0.15) is 0 Å². The molecule has 0 aromatic rings. The van der Waals surface area contributed by atoms with Gasteiger partial charge in [-0.1, -0.05) is 19.8 Å². The summed E-state index contributed by atoms with van der Waals surface area (Å²) in [5.41, 5.74) is 0. The SMILES string of the molecule is CCCCC(NC(=O)OC)C(=O)CCl. The number of hydrogen-bond donors (Lipinski definition) is 1. The summed E-state index contributed by atoms with van der Waals surface area (Å²) in [7, 11) is 1.26. The van der Waals surface area contributed by atoms with E-state index in [0.29, 0.717) is 6.42 Å². The lowest BCUT2D eigenvalue weighted by molar-refractivity contribution is -0.118. The van der Waals surface area contributed by atoms with Crippen LogP contribution in [-0.2, 0) is 9.53 Å². The summed E-state index contributed by atoms with van der Waals surface area (Å²) < 4.78 is 4.41. The Kier molecular flexibility index (Phi) is 7.20. The minimum atomic E-state index is -0.593. The Morgan fingerprint density at radius 2 is 2.14 bits per heavy atom. The van der Waals surface area contributed by atoms with E-state index in [1.54, 1.807) is 0 Å². The number of methoxy groups -OCH3 is 1. The standard InChI is InChI=1S/C9H16ClNO3/c1-3-4-5-7(8(12)6-10)11-9(13)14-2/h7H,3-6H2,1-2H3,(H,11,13). The maximum atomic E-state index is 11.3. The van der Waals surface area contributed by atoms with Crippen molar-refractivity contribution in [2.45, 2.75) is 32.2 Å². The number of ketones is 1. The number of halogens is 1. The number of nitrogens with one attached hydrogen (secondary N) is 1. The quantitative estimate of drug-likeness (QED) is 0.695. The van der Waals surface area contributed by atoms with Gasteiger partial charge in [0.05, 0.1) is 19.0 Å². The molecule has 0 aliphatic rings. The molecule has 82 valence electrons. The third-order valence-electron chi connectivity index (χ3n) is 1.84. The van der Waals surface area contributed by atoms with E-state index < -0.39 is 12.1 Å². The molecule has 0 aliphatic carbocycles. The largest absolute Gasteiger partial charge is 0.453 e. The normalized spacial score (nSPS) is 11.9. The van der Waals surface area contributed by atoms with Crippen LogP contribution in [0.3, 0.4) is 0 Å². The van der Waals surface area contributed by atoms with Crippen LogP contribution in [0.1, 0.15) is 26.2 Å². The summed E-state index contributed by atoms with van der Waals surface area (Å²) >= 11 is 5.41. The van der Waals surface area contributed by atoms with Crippen LogP contribution >= 0.6 is 11.6 Å². The highest BCUT2D eigenvalue weighted by Gasteiger charge is 2.19. The minimum absolute atomic E-state index is 0.0849. The first-order valence-corrected chi connectivity index (χ1v) is 5.12. The lowest BCUT2D eigenvalue weighted by atomic mass is 10.1. The molecule has 4 nitrogen and oxygen atoms in total. The summed E-state index contributed by atoms with van der Waals surface area (Å²) in [6, 6.07) is -0.514. The van der Waals surface area contributed by atoms with Crippen molar-refractivity contribution in [3.8, 4) is 0 Å². The monoisotopic (exact) mass is 221 g/mol. The van der Waals surface area contributed by atoms with E-state index in [0.717, 1.165) is 12.8 Å². The molecule has 0 radical (unpaired) electrons. The lowest BCUT2D eigenvalue weighted by Gasteiger charge is -2.14. The fourth-order valence-electron chi connectivity index (χ4n) is 1.02. The first kappa shape index (κ1) is 13.2. The van der Waals surface area contributed by atoms with Crippen LogP contribution in [0.2, 0.25) is 0 Å². The Balaban J connectivity index is 4.09. The third-order valence-corrected chi connectivity index (χ3v) is 2.11. The second kappa shape index (κ2) is 7.62. The molecule has 1 amide bonds. The number of amides is 1. The van der Waals surface area contributed by atoms with Gasteiger partial charge in [-0.05, 0) is 6.42 Å². The highest BCUT2D eigenvalue weighted by molar-refractivity contribution is 6.28. The Morgan fingerprint density at radius 1 is 1.50 bits per heavy atom. The summed E-state index contributed by atoms with van der Waals surface area (Å²) in [6.07, 6.45) is 1.85. The van der Waals surface area contributed by atoms with E-state index in [1.165, 1.54) is 7.11 Å². The molecule has 1 unspecified atom stereocenters. The number of hydrogen-bond acceptors (Lipinski definition) is 3. The van der Waals surface area contributed by atoms with Crippen LogP contribution < -0.4 is 5.32 Å². The van der Waals surface area contributed by atoms with Gasteiger partial charge in [-0.15, -0.1) is 11.6 Å². The number of carbonyl (C=O) groups excluding carboxylic acids is 2. The van der Waals surface area contributed by atoms with Crippen molar-refractivity contribution < 1.29 is 14.3 Å². The van der Waals surface area contributed by atoms with Crippen molar-refractivity contribution in [2.24, 2.45) is 0 Å². The van der Waals surface area contributed by atoms with Gasteiger partial charge in [0.15, 0.2) is 5.78 Å². The number of alkyl carbamates (subject to hydrolysis) is 1. The van der Waals surface area contributed by atoms with Crippen molar-refractivity contribution in [1.82, 2.24) is 5.32 Å². The van der Waals surface area contributed by atoms with Crippen LogP contribution in [0.5, 0.6) is 0 Å². The molecule has 0 aromatic carbocycles. The Morgan fingerprint density at radius 3 is 2.57 bits per heavy atom. The Bertz CT molecular complexity index is 196. The first-order chi connectivity index (χ1) is 6.65. The van der Waals surface area contributed by atoms with E-state index >= 15 is 0 Å². The minimum Gasteiger partial charge on any atom is -0.453 e. The van der Waals surface area contributed by atoms with E-state index in [1.807, 2.05) is 6.92 Å². The number of ether oxygens (including phenoxy) is 1. The second-order valence-electron chi connectivity index (χ2n) is 2.93. The van der Waals surface area contributed by atoms with Crippen molar-refractivity contribution in [3.05, 3.63) is 0 Å². The molecule has 14 heavy (non-hydrogen) atoms. The number of rotatable bonds is 6. The van der Waals surface area contributed by atoms with Gasteiger partial charge in [-0.2, -0.15) is 0 Å². The highest BCUT2D eigenvalue weighted by Crippen LogP contribution is 2.03. The van der Waals surface area contributed by atoms with Gasteiger partial charge in [0, 0.05) is 0 Å². The van der Waals surface area contributed by atoms with Gasteiger partial charge >= 0.3 is 6.09 Å².